The van der Waals surface area contributed by atoms with Gasteiger partial charge in [-0.1, -0.05) is 86.6 Å². The summed E-state index contributed by atoms with van der Waals surface area (Å²) < 4.78 is 17.7. The zero-order chi connectivity index (χ0) is 19.3. The average molecular weight is 454 g/mol. The third-order valence-corrected chi connectivity index (χ3v) is 8.42. The fraction of sp³-hybridized carbons (Fsp3) is 1.00. The predicted molar refractivity (Wildman–Crippen MR) is 119 cm³/mol. The zero-order valence-corrected chi connectivity index (χ0v) is 20.4. The molecule has 0 aromatic carbocycles. The maximum atomic E-state index is 5.92. The van der Waals surface area contributed by atoms with Crippen LogP contribution >= 0.6 is 15.9 Å². The van der Waals surface area contributed by atoms with Crippen LogP contribution < -0.4 is 0 Å². The van der Waals surface area contributed by atoms with E-state index in [1.54, 1.807) is 0 Å². The van der Waals surface area contributed by atoms with Crippen molar-refractivity contribution in [2.24, 2.45) is 0 Å². The number of unbranched alkanes of at least 4 members (excludes halogenated alkanes) is 12. The largest absolute Gasteiger partial charge is 0.500 e. The molecule has 0 saturated carbocycles. The Labute approximate surface area is 173 Å². The summed E-state index contributed by atoms with van der Waals surface area (Å²) in [6.45, 7) is 8.14. The predicted octanol–water partition coefficient (Wildman–Crippen LogP) is 7.50. The normalized spacial score (nSPS) is 12.0. The van der Waals surface area contributed by atoms with E-state index in [4.69, 9.17) is 13.3 Å². The van der Waals surface area contributed by atoms with Gasteiger partial charge in [-0.15, -0.1) is 0 Å². The molecule has 0 saturated heterocycles. The van der Waals surface area contributed by atoms with Gasteiger partial charge in [0.15, 0.2) is 0 Å². The molecule has 0 amide bonds. The Morgan fingerprint density at radius 3 is 1.12 bits per heavy atom. The summed E-state index contributed by atoms with van der Waals surface area (Å²) in [5.41, 5.74) is 0. The molecule has 0 rings (SSSR count). The highest BCUT2D eigenvalue weighted by molar-refractivity contribution is 9.09. The molecule has 3 nitrogen and oxygen atoms in total. The summed E-state index contributed by atoms with van der Waals surface area (Å²) >= 11 is 3.50. The first-order valence-electron chi connectivity index (χ1n) is 11.2. The van der Waals surface area contributed by atoms with E-state index in [0.717, 1.165) is 6.04 Å². The lowest BCUT2D eigenvalue weighted by Crippen LogP contribution is -2.45. The van der Waals surface area contributed by atoms with Crippen molar-refractivity contribution in [1.82, 2.24) is 0 Å². The molecule has 0 bridgehead atoms. The van der Waals surface area contributed by atoms with Crippen molar-refractivity contribution in [3.8, 4) is 0 Å². The molecule has 0 atom stereocenters. The van der Waals surface area contributed by atoms with Gasteiger partial charge in [0.2, 0.25) is 0 Å². The van der Waals surface area contributed by atoms with Crippen molar-refractivity contribution < 1.29 is 13.3 Å². The van der Waals surface area contributed by atoms with Crippen LogP contribution in [0.25, 0.3) is 0 Å². The van der Waals surface area contributed by atoms with Gasteiger partial charge in [0, 0.05) is 31.2 Å². The summed E-state index contributed by atoms with van der Waals surface area (Å²) in [6, 6.07) is 0.970. The summed E-state index contributed by atoms with van der Waals surface area (Å²) in [7, 11) is -2.40. The van der Waals surface area contributed by atoms with Gasteiger partial charge in [0.25, 0.3) is 0 Å². The molecule has 5 heteroatoms. The van der Waals surface area contributed by atoms with Gasteiger partial charge >= 0.3 is 8.80 Å². The lowest BCUT2D eigenvalue weighted by atomic mass is 10.1. The zero-order valence-electron chi connectivity index (χ0n) is 17.8. The second-order valence-electron chi connectivity index (χ2n) is 7.02. The lowest BCUT2D eigenvalue weighted by Gasteiger charge is -2.28. The Hall–Kier alpha value is 0.577. The van der Waals surface area contributed by atoms with Crippen LogP contribution in [0.5, 0.6) is 0 Å². The van der Waals surface area contributed by atoms with Gasteiger partial charge in [0.05, 0.1) is 0 Å². The van der Waals surface area contributed by atoms with E-state index in [1.807, 2.05) is 20.8 Å². The van der Waals surface area contributed by atoms with Crippen LogP contribution in [0.3, 0.4) is 0 Å². The molecule has 0 heterocycles. The Bertz CT molecular complexity index is 263. The van der Waals surface area contributed by atoms with E-state index in [2.05, 4.69) is 15.9 Å². The first-order chi connectivity index (χ1) is 12.7. The average Bonchev–Trinajstić information content (AvgIpc) is 2.63. The minimum Gasteiger partial charge on any atom is -0.374 e. The van der Waals surface area contributed by atoms with Crippen LogP contribution in [0.1, 0.15) is 104 Å². The van der Waals surface area contributed by atoms with Crippen LogP contribution in [-0.4, -0.2) is 34.0 Å². The molecule has 0 fully saturated rings. The topological polar surface area (TPSA) is 27.7 Å². The molecule has 0 aromatic heterocycles. The van der Waals surface area contributed by atoms with E-state index >= 15 is 0 Å². The highest BCUT2D eigenvalue weighted by Gasteiger charge is 2.39. The number of rotatable bonds is 21. The van der Waals surface area contributed by atoms with Crippen molar-refractivity contribution >= 4 is 24.7 Å². The molecular weight excluding hydrogens is 408 g/mol. The molecule has 158 valence electrons. The van der Waals surface area contributed by atoms with Crippen molar-refractivity contribution in [3.05, 3.63) is 0 Å². The second-order valence-corrected chi connectivity index (χ2v) is 10.5. The van der Waals surface area contributed by atoms with Crippen molar-refractivity contribution in [2.75, 3.05) is 25.2 Å². The Morgan fingerprint density at radius 2 is 0.808 bits per heavy atom. The fourth-order valence-corrected chi connectivity index (χ4v) is 6.46. The summed E-state index contributed by atoms with van der Waals surface area (Å²) in [5.74, 6) is 0. The molecule has 0 aliphatic rings. The molecular formula is C21H45BrO3Si. The van der Waals surface area contributed by atoms with Crippen LogP contribution in [0.15, 0.2) is 0 Å². The highest BCUT2D eigenvalue weighted by atomic mass is 79.9. The highest BCUT2D eigenvalue weighted by Crippen LogP contribution is 2.21. The Morgan fingerprint density at radius 1 is 0.500 bits per heavy atom. The van der Waals surface area contributed by atoms with Gasteiger partial charge in [-0.3, -0.25) is 0 Å². The van der Waals surface area contributed by atoms with Gasteiger partial charge in [0.1, 0.15) is 0 Å². The van der Waals surface area contributed by atoms with E-state index in [0.29, 0.717) is 19.8 Å². The minimum atomic E-state index is -2.40. The third-order valence-electron chi connectivity index (χ3n) is 4.71. The lowest BCUT2D eigenvalue weighted by molar-refractivity contribution is 0.0706. The first-order valence-corrected chi connectivity index (χ1v) is 14.3. The molecule has 0 aliphatic carbocycles. The van der Waals surface area contributed by atoms with Gasteiger partial charge in [-0.25, -0.2) is 0 Å². The Balaban J connectivity index is 3.52. The van der Waals surface area contributed by atoms with Gasteiger partial charge < -0.3 is 13.3 Å². The number of hydrogen-bond donors (Lipinski definition) is 0. The fourth-order valence-electron chi connectivity index (χ4n) is 3.38. The maximum Gasteiger partial charge on any atom is 0.500 e. The monoisotopic (exact) mass is 452 g/mol. The number of halogens is 1. The summed E-state index contributed by atoms with van der Waals surface area (Å²) in [6.07, 6.45) is 17.8. The molecule has 0 aliphatic heterocycles. The van der Waals surface area contributed by atoms with Gasteiger partial charge in [-0.2, -0.15) is 0 Å². The van der Waals surface area contributed by atoms with Gasteiger partial charge in [-0.05, 0) is 33.6 Å². The molecule has 0 radical (unpaired) electrons. The van der Waals surface area contributed by atoms with Crippen molar-refractivity contribution in [3.63, 3.8) is 0 Å². The number of alkyl halides is 1. The van der Waals surface area contributed by atoms with Crippen molar-refractivity contribution in [2.45, 2.75) is 110 Å². The quantitative estimate of drug-likeness (QED) is 0.102. The van der Waals surface area contributed by atoms with E-state index < -0.39 is 8.80 Å². The van der Waals surface area contributed by atoms with Crippen LogP contribution in [0, 0.1) is 0 Å². The summed E-state index contributed by atoms with van der Waals surface area (Å²) in [5, 5.41) is 1.17. The van der Waals surface area contributed by atoms with E-state index in [9.17, 15) is 0 Å². The molecule has 0 N–H and O–H groups in total. The van der Waals surface area contributed by atoms with Crippen LogP contribution in [0.4, 0.5) is 0 Å². The second kappa shape index (κ2) is 20.3. The standard InChI is InChI=1S/C21H45BrO3Si/c1-4-23-26(24-5-2,25-6-3)21-19-17-15-13-11-9-7-8-10-12-14-16-18-20-22/h4-21H2,1-3H3. The Kier molecular flexibility index (Phi) is 20.8. The number of hydrogen-bond acceptors (Lipinski definition) is 3. The van der Waals surface area contributed by atoms with Crippen LogP contribution in [0.2, 0.25) is 6.04 Å². The van der Waals surface area contributed by atoms with Crippen LogP contribution in [-0.2, 0) is 13.3 Å². The third kappa shape index (κ3) is 15.6. The van der Waals surface area contributed by atoms with Crippen molar-refractivity contribution in [1.29, 1.82) is 0 Å². The molecule has 26 heavy (non-hydrogen) atoms. The molecule has 0 unspecified atom stereocenters. The minimum absolute atomic E-state index is 0.683. The molecule has 0 spiro atoms. The smallest absolute Gasteiger partial charge is 0.374 e. The first kappa shape index (κ1) is 26.6. The summed E-state index contributed by atoms with van der Waals surface area (Å²) in [4.78, 5) is 0. The van der Waals surface area contributed by atoms with E-state index in [1.165, 1.54) is 88.8 Å². The maximum absolute atomic E-state index is 5.92. The molecule has 0 aromatic rings. The SMILES string of the molecule is CCO[Si](CCCCCCCCCCCCCCCBr)(OCC)OCC. The van der Waals surface area contributed by atoms with E-state index in [-0.39, 0.29) is 0 Å².